The standard InChI is InChI=1S/C22H30N4O2.HI/c1-23-22(26-11-9-19(17-26)25-12-15-27-16-13-25)24-10-14-28-21-8-4-6-18-5-2-3-7-20(18)21;/h2-8,19H,9-17H2,1H3,(H,23,24);1H. The van der Waals surface area contributed by atoms with Crippen molar-refractivity contribution in [3.63, 3.8) is 0 Å². The topological polar surface area (TPSA) is 49.3 Å². The summed E-state index contributed by atoms with van der Waals surface area (Å²) in [5.74, 6) is 1.90. The molecule has 0 bridgehead atoms. The first-order valence-corrected chi connectivity index (χ1v) is 10.2. The second kappa shape index (κ2) is 11.0. The zero-order chi connectivity index (χ0) is 19.2. The third-order valence-corrected chi connectivity index (χ3v) is 5.63. The van der Waals surface area contributed by atoms with E-state index in [4.69, 9.17) is 9.47 Å². The van der Waals surface area contributed by atoms with Crippen LogP contribution in [-0.4, -0.2) is 81.4 Å². The minimum absolute atomic E-state index is 0. The number of halogens is 1. The van der Waals surface area contributed by atoms with E-state index >= 15 is 0 Å². The van der Waals surface area contributed by atoms with Crippen LogP contribution < -0.4 is 10.1 Å². The summed E-state index contributed by atoms with van der Waals surface area (Å²) >= 11 is 0. The number of guanidine groups is 1. The highest BCUT2D eigenvalue weighted by Crippen LogP contribution is 2.25. The van der Waals surface area contributed by atoms with Gasteiger partial charge in [-0.1, -0.05) is 36.4 Å². The van der Waals surface area contributed by atoms with Gasteiger partial charge in [-0.05, 0) is 17.9 Å². The molecule has 2 fully saturated rings. The molecule has 2 aliphatic heterocycles. The lowest BCUT2D eigenvalue weighted by atomic mass is 10.1. The Bertz CT molecular complexity index is 805. The number of rotatable bonds is 5. The first-order chi connectivity index (χ1) is 13.8. The number of ether oxygens (including phenoxy) is 2. The average Bonchev–Trinajstić information content (AvgIpc) is 3.24. The van der Waals surface area contributed by atoms with Gasteiger partial charge in [-0.25, -0.2) is 0 Å². The van der Waals surface area contributed by atoms with Crippen LogP contribution in [0.3, 0.4) is 0 Å². The number of hydrogen-bond donors (Lipinski definition) is 1. The molecular weight excluding hydrogens is 479 g/mol. The first kappa shape index (κ1) is 22.1. The van der Waals surface area contributed by atoms with Crippen LogP contribution in [-0.2, 0) is 4.74 Å². The quantitative estimate of drug-likeness (QED) is 0.290. The van der Waals surface area contributed by atoms with Gasteiger partial charge in [0.05, 0.1) is 19.8 Å². The molecule has 1 atom stereocenters. The molecule has 7 heteroatoms. The third kappa shape index (κ3) is 5.52. The minimum Gasteiger partial charge on any atom is -0.491 e. The summed E-state index contributed by atoms with van der Waals surface area (Å²) in [6, 6.07) is 15.1. The van der Waals surface area contributed by atoms with Gasteiger partial charge in [-0.15, -0.1) is 24.0 Å². The van der Waals surface area contributed by atoms with E-state index in [0.717, 1.165) is 63.0 Å². The van der Waals surface area contributed by atoms with E-state index in [1.165, 1.54) is 11.8 Å². The summed E-state index contributed by atoms with van der Waals surface area (Å²) in [5, 5.41) is 5.82. The number of aliphatic imine (C=N–C) groups is 1. The number of hydrogen-bond acceptors (Lipinski definition) is 4. The molecule has 0 aromatic heterocycles. The van der Waals surface area contributed by atoms with Gasteiger partial charge in [0.15, 0.2) is 5.96 Å². The Labute approximate surface area is 190 Å². The van der Waals surface area contributed by atoms with Crippen molar-refractivity contribution < 1.29 is 9.47 Å². The Kier molecular flexibility index (Phi) is 8.38. The molecule has 158 valence electrons. The highest BCUT2D eigenvalue weighted by molar-refractivity contribution is 14.0. The van der Waals surface area contributed by atoms with Crippen molar-refractivity contribution in [2.45, 2.75) is 12.5 Å². The van der Waals surface area contributed by atoms with Crippen LogP contribution in [0.4, 0.5) is 0 Å². The largest absolute Gasteiger partial charge is 0.491 e. The summed E-state index contributed by atoms with van der Waals surface area (Å²) < 4.78 is 11.5. The molecule has 0 radical (unpaired) electrons. The van der Waals surface area contributed by atoms with Crippen LogP contribution >= 0.6 is 24.0 Å². The van der Waals surface area contributed by atoms with Crippen LogP contribution in [0.1, 0.15) is 6.42 Å². The zero-order valence-electron chi connectivity index (χ0n) is 17.0. The molecule has 2 saturated heterocycles. The Morgan fingerprint density at radius 3 is 2.76 bits per heavy atom. The van der Waals surface area contributed by atoms with Crippen molar-refractivity contribution in [3.8, 4) is 5.75 Å². The van der Waals surface area contributed by atoms with Crippen molar-refractivity contribution in [2.75, 3.05) is 59.6 Å². The van der Waals surface area contributed by atoms with Crippen LogP contribution in [0, 0.1) is 0 Å². The Morgan fingerprint density at radius 2 is 1.93 bits per heavy atom. The highest BCUT2D eigenvalue weighted by Gasteiger charge is 2.30. The third-order valence-electron chi connectivity index (χ3n) is 5.63. The first-order valence-electron chi connectivity index (χ1n) is 10.2. The fourth-order valence-corrected chi connectivity index (χ4v) is 4.15. The lowest BCUT2D eigenvalue weighted by molar-refractivity contribution is 0.0195. The summed E-state index contributed by atoms with van der Waals surface area (Å²) in [4.78, 5) is 9.39. The van der Waals surface area contributed by atoms with Crippen LogP contribution in [0.15, 0.2) is 47.5 Å². The van der Waals surface area contributed by atoms with Gasteiger partial charge in [0.1, 0.15) is 12.4 Å². The molecule has 1 unspecified atom stereocenters. The highest BCUT2D eigenvalue weighted by atomic mass is 127. The maximum atomic E-state index is 6.03. The van der Waals surface area contributed by atoms with Crippen LogP contribution in [0.5, 0.6) is 5.75 Å². The second-order valence-corrected chi connectivity index (χ2v) is 7.34. The molecule has 29 heavy (non-hydrogen) atoms. The monoisotopic (exact) mass is 510 g/mol. The van der Waals surface area contributed by atoms with Gasteiger partial charge in [-0.3, -0.25) is 9.89 Å². The number of nitrogens with zero attached hydrogens (tertiary/aromatic N) is 3. The Morgan fingerprint density at radius 1 is 1.14 bits per heavy atom. The van der Waals surface area contributed by atoms with Gasteiger partial charge in [0.2, 0.25) is 0 Å². The van der Waals surface area contributed by atoms with Crippen LogP contribution in [0.25, 0.3) is 10.8 Å². The fourth-order valence-electron chi connectivity index (χ4n) is 4.15. The molecular formula is C22H31IN4O2. The van der Waals surface area contributed by atoms with E-state index < -0.39 is 0 Å². The normalized spacial score (nSPS) is 20.5. The van der Waals surface area contributed by atoms with E-state index in [1.807, 2.05) is 25.2 Å². The zero-order valence-corrected chi connectivity index (χ0v) is 19.4. The molecule has 2 aliphatic rings. The molecule has 6 nitrogen and oxygen atoms in total. The summed E-state index contributed by atoms with van der Waals surface area (Å²) in [6.07, 6.45) is 1.19. The maximum Gasteiger partial charge on any atom is 0.193 e. The number of likely N-dealkylation sites (tertiary alicyclic amines) is 1. The van der Waals surface area contributed by atoms with Crippen molar-refractivity contribution in [1.82, 2.24) is 15.1 Å². The second-order valence-electron chi connectivity index (χ2n) is 7.34. The van der Waals surface area contributed by atoms with E-state index in [0.29, 0.717) is 12.6 Å². The lowest BCUT2D eigenvalue weighted by Gasteiger charge is -2.32. The number of fused-ring (bicyclic) bond motifs is 1. The predicted molar refractivity (Wildman–Crippen MR) is 129 cm³/mol. The molecule has 4 rings (SSSR count). The van der Waals surface area contributed by atoms with Crippen molar-refractivity contribution >= 4 is 40.7 Å². The van der Waals surface area contributed by atoms with Crippen molar-refractivity contribution in [3.05, 3.63) is 42.5 Å². The summed E-state index contributed by atoms with van der Waals surface area (Å²) in [5.41, 5.74) is 0. The fraction of sp³-hybridized carbons (Fsp3) is 0.500. The number of benzene rings is 2. The van der Waals surface area contributed by atoms with Gasteiger partial charge in [0.25, 0.3) is 0 Å². The summed E-state index contributed by atoms with van der Waals surface area (Å²) in [7, 11) is 1.86. The lowest BCUT2D eigenvalue weighted by Crippen LogP contribution is -2.47. The van der Waals surface area contributed by atoms with Crippen LogP contribution in [0.2, 0.25) is 0 Å². The van der Waals surface area contributed by atoms with E-state index in [9.17, 15) is 0 Å². The van der Waals surface area contributed by atoms with Gasteiger partial charge < -0.3 is 19.7 Å². The smallest absolute Gasteiger partial charge is 0.193 e. The SMILES string of the molecule is CN=C(NCCOc1cccc2ccccc12)N1CCC(N2CCOCC2)C1.I. The molecule has 0 aliphatic carbocycles. The molecule has 2 aromatic carbocycles. The van der Waals surface area contributed by atoms with E-state index in [2.05, 4.69) is 44.4 Å². The molecule has 2 heterocycles. The minimum atomic E-state index is 0. The number of nitrogens with one attached hydrogen (secondary N) is 1. The molecule has 1 N–H and O–H groups in total. The average molecular weight is 510 g/mol. The summed E-state index contributed by atoms with van der Waals surface area (Å²) in [6.45, 7) is 7.22. The van der Waals surface area contributed by atoms with Crippen molar-refractivity contribution in [1.29, 1.82) is 0 Å². The Hall–Kier alpha value is -1.58. The maximum absolute atomic E-state index is 6.03. The molecule has 0 saturated carbocycles. The van der Waals surface area contributed by atoms with Gasteiger partial charge in [-0.2, -0.15) is 0 Å². The van der Waals surface area contributed by atoms with E-state index in [-0.39, 0.29) is 24.0 Å². The van der Waals surface area contributed by atoms with Gasteiger partial charge >= 0.3 is 0 Å². The predicted octanol–water partition coefficient (Wildman–Crippen LogP) is 2.82. The van der Waals surface area contributed by atoms with Gasteiger partial charge in [0, 0.05) is 44.7 Å². The molecule has 0 spiro atoms. The van der Waals surface area contributed by atoms with Crippen molar-refractivity contribution in [2.24, 2.45) is 4.99 Å². The van der Waals surface area contributed by atoms with E-state index in [1.54, 1.807) is 0 Å². The Balaban J connectivity index is 0.00000240. The number of morpholine rings is 1. The molecule has 0 amide bonds. The molecule has 2 aromatic rings.